The molecule has 1 atom stereocenters. The van der Waals surface area contributed by atoms with Gasteiger partial charge in [-0.2, -0.15) is 0 Å². The molecule has 0 aliphatic carbocycles. The first-order valence-corrected chi connectivity index (χ1v) is 7.45. The van der Waals surface area contributed by atoms with Crippen LogP contribution in [0.5, 0.6) is 0 Å². The summed E-state index contributed by atoms with van der Waals surface area (Å²) in [6, 6.07) is 4.11. The molecule has 1 aromatic carbocycles. The summed E-state index contributed by atoms with van der Waals surface area (Å²) in [6.45, 7) is 5.56. The van der Waals surface area contributed by atoms with Crippen LogP contribution in [0, 0.1) is 11.7 Å². The zero-order valence-corrected chi connectivity index (χ0v) is 12.8. The standard InChI is InChI=1S/C16H25FN2O2/c1-3-5-12(2)11-21-9-4-6-16(20)19-15-10-13(18)7-8-14(15)17/h7-8,10,12H,3-6,9,11,18H2,1-2H3,(H,19,20). The van der Waals surface area contributed by atoms with Crippen LogP contribution in [-0.2, 0) is 9.53 Å². The third-order valence-electron chi connectivity index (χ3n) is 3.14. The zero-order chi connectivity index (χ0) is 15.7. The van der Waals surface area contributed by atoms with E-state index in [0.717, 1.165) is 19.4 Å². The second-order valence-electron chi connectivity index (χ2n) is 5.36. The molecule has 0 fully saturated rings. The van der Waals surface area contributed by atoms with Crippen molar-refractivity contribution in [3.05, 3.63) is 24.0 Å². The van der Waals surface area contributed by atoms with Crippen molar-refractivity contribution in [2.24, 2.45) is 5.92 Å². The number of hydrogen-bond donors (Lipinski definition) is 2. The van der Waals surface area contributed by atoms with E-state index in [9.17, 15) is 9.18 Å². The number of carbonyl (C=O) groups excluding carboxylic acids is 1. The zero-order valence-electron chi connectivity index (χ0n) is 12.8. The van der Waals surface area contributed by atoms with E-state index in [4.69, 9.17) is 10.5 Å². The monoisotopic (exact) mass is 296 g/mol. The minimum Gasteiger partial charge on any atom is -0.399 e. The van der Waals surface area contributed by atoms with Crippen LogP contribution in [0.2, 0.25) is 0 Å². The normalized spacial score (nSPS) is 12.1. The third kappa shape index (κ3) is 7.09. The average Bonchev–Trinajstić information content (AvgIpc) is 2.43. The lowest BCUT2D eigenvalue weighted by Crippen LogP contribution is -2.14. The van der Waals surface area contributed by atoms with Crippen LogP contribution in [0.25, 0.3) is 0 Å². The quantitative estimate of drug-likeness (QED) is 0.541. The predicted molar refractivity (Wildman–Crippen MR) is 83.6 cm³/mol. The molecule has 0 aliphatic heterocycles. The Bertz CT molecular complexity index is 452. The Morgan fingerprint density at radius 2 is 2.24 bits per heavy atom. The minimum atomic E-state index is -0.484. The number of amides is 1. The maximum atomic E-state index is 13.4. The van der Waals surface area contributed by atoms with Crippen molar-refractivity contribution in [1.29, 1.82) is 0 Å². The molecule has 0 radical (unpaired) electrons. The molecular formula is C16H25FN2O2. The Labute approximate surface area is 125 Å². The fourth-order valence-electron chi connectivity index (χ4n) is 2.05. The number of carbonyl (C=O) groups is 1. The fourth-order valence-corrected chi connectivity index (χ4v) is 2.05. The Morgan fingerprint density at radius 3 is 2.95 bits per heavy atom. The molecule has 0 aromatic heterocycles. The van der Waals surface area contributed by atoms with Crippen LogP contribution in [0.3, 0.4) is 0 Å². The summed E-state index contributed by atoms with van der Waals surface area (Å²) in [5.41, 5.74) is 6.10. The van der Waals surface area contributed by atoms with Crippen LogP contribution in [0.4, 0.5) is 15.8 Å². The molecule has 21 heavy (non-hydrogen) atoms. The lowest BCUT2D eigenvalue weighted by Gasteiger charge is -2.11. The molecule has 1 aromatic rings. The first-order chi connectivity index (χ1) is 10.0. The van der Waals surface area contributed by atoms with E-state index in [2.05, 4.69) is 19.2 Å². The lowest BCUT2D eigenvalue weighted by atomic mass is 10.1. The fraction of sp³-hybridized carbons (Fsp3) is 0.562. The number of nitrogens with two attached hydrogens (primary N) is 1. The van der Waals surface area contributed by atoms with Crippen LogP contribution in [0.1, 0.15) is 39.5 Å². The van der Waals surface area contributed by atoms with Crippen molar-refractivity contribution in [3.8, 4) is 0 Å². The van der Waals surface area contributed by atoms with Crippen LogP contribution >= 0.6 is 0 Å². The molecule has 0 saturated carbocycles. The number of anilines is 2. The van der Waals surface area contributed by atoms with Gasteiger partial charge in [-0.15, -0.1) is 0 Å². The van der Waals surface area contributed by atoms with Crippen LogP contribution in [-0.4, -0.2) is 19.1 Å². The van der Waals surface area contributed by atoms with Crippen molar-refractivity contribution in [2.75, 3.05) is 24.3 Å². The van der Waals surface area contributed by atoms with Gasteiger partial charge in [-0.25, -0.2) is 4.39 Å². The summed E-state index contributed by atoms with van der Waals surface area (Å²) < 4.78 is 19.0. The van der Waals surface area contributed by atoms with E-state index in [1.807, 2.05) is 0 Å². The van der Waals surface area contributed by atoms with Gasteiger partial charge in [-0.1, -0.05) is 20.3 Å². The summed E-state index contributed by atoms with van der Waals surface area (Å²) >= 11 is 0. The molecule has 1 unspecified atom stereocenters. The Morgan fingerprint density at radius 1 is 1.48 bits per heavy atom. The molecule has 0 spiro atoms. The van der Waals surface area contributed by atoms with Crippen molar-refractivity contribution in [3.63, 3.8) is 0 Å². The summed E-state index contributed by atoms with van der Waals surface area (Å²) in [4.78, 5) is 11.7. The topological polar surface area (TPSA) is 64.3 Å². The largest absolute Gasteiger partial charge is 0.399 e. The van der Waals surface area contributed by atoms with Gasteiger partial charge in [0.2, 0.25) is 5.91 Å². The van der Waals surface area contributed by atoms with Gasteiger partial charge in [0, 0.05) is 25.3 Å². The number of nitrogen functional groups attached to an aromatic ring is 1. The number of halogens is 1. The van der Waals surface area contributed by atoms with Gasteiger partial charge in [0.15, 0.2) is 0 Å². The molecule has 0 bridgehead atoms. The van der Waals surface area contributed by atoms with Crippen LogP contribution in [0.15, 0.2) is 18.2 Å². The third-order valence-corrected chi connectivity index (χ3v) is 3.14. The van der Waals surface area contributed by atoms with Gasteiger partial charge in [0.05, 0.1) is 5.69 Å². The molecule has 0 aliphatic rings. The van der Waals surface area contributed by atoms with Crippen molar-refractivity contribution in [2.45, 2.75) is 39.5 Å². The molecule has 3 N–H and O–H groups in total. The molecule has 5 heteroatoms. The van der Waals surface area contributed by atoms with E-state index < -0.39 is 5.82 Å². The van der Waals surface area contributed by atoms with Gasteiger partial charge < -0.3 is 15.8 Å². The average molecular weight is 296 g/mol. The first-order valence-electron chi connectivity index (χ1n) is 7.45. The smallest absolute Gasteiger partial charge is 0.224 e. The van der Waals surface area contributed by atoms with E-state index in [-0.39, 0.29) is 11.6 Å². The maximum absolute atomic E-state index is 13.4. The molecule has 0 saturated heterocycles. The van der Waals surface area contributed by atoms with Gasteiger partial charge in [-0.3, -0.25) is 4.79 Å². The number of ether oxygens (including phenoxy) is 1. The van der Waals surface area contributed by atoms with Crippen molar-refractivity contribution in [1.82, 2.24) is 0 Å². The molecule has 0 heterocycles. The highest BCUT2D eigenvalue weighted by Gasteiger charge is 2.07. The minimum absolute atomic E-state index is 0.123. The second-order valence-corrected chi connectivity index (χ2v) is 5.36. The predicted octanol–water partition coefficient (Wildman–Crippen LogP) is 3.58. The van der Waals surface area contributed by atoms with E-state index in [0.29, 0.717) is 31.1 Å². The molecule has 118 valence electrons. The number of benzene rings is 1. The highest BCUT2D eigenvalue weighted by molar-refractivity contribution is 5.91. The van der Waals surface area contributed by atoms with E-state index in [1.54, 1.807) is 0 Å². The summed E-state index contributed by atoms with van der Waals surface area (Å²) in [7, 11) is 0. The Kier molecular flexibility index (Phi) is 7.75. The maximum Gasteiger partial charge on any atom is 0.224 e. The highest BCUT2D eigenvalue weighted by Crippen LogP contribution is 2.17. The first kappa shape index (κ1) is 17.4. The van der Waals surface area contributed by atoms with Crippen LogP contribution < -0.4 is 11.1 Å². The summed E-state index contributed by atoms with van der Waals surface area (Å²) in [6.07, 6.45) is 3.22. The van der Waals surface area contributed by atoms with Gasteiger partial charge in [0.25, 0.3) is 0 Å². The van der Waals surface area contributed by atoms with Crippen molar-refractivity contribution < 1.29 is 13.9 Å². The summed E-state index contributed by atoms with van der Waals surface area (Å²) in [5, 5.41) is 2.52. The second kappa shape index (κ2) is 9.34. The molecule has 4 nitrogen and oxygen atoms in total. The molecule has 1 amide bonds. The molecular weight excluding hydrogens is 271 g/mol. The van der Waals surface area contributed by atoms with E-state index in [1.165, 1.54) is 18.2 Å². The van der Waals surface area contributed by atoms with Gasteiger partial charge in [-0.05, 0) is 37.0 Å². The highest BCUT2D eigenvalue weighted by atomic mass is 19.1. The van der Waals surface area contributed by atoms with Crippen molar-refractivity contribution >= 4 is 17.3 Å². The Balaban J connectivity index is 2.21. The summed E-state index contributed by atoms with van der Waals surface area (Å²) in [5.74, 6) is -0.169. The molecule has 1 rings (SSSR count). The van der Waals surface area contributed by atoms with Gasteiger partial charge >= 0.3 is 0 Å². The van der Waals surface area contributed by atoms with E-state index >= 15 is 0 Å². The Hall–Kier alpha value is -1.62. The lowest BCUT2D eigenvalue weighted by molar-refractivity contribution is -0.116. The number of hydrogen-bond acceptors (Lipinski definition) is 3. The van der Waals surface area contributed by atoms with Gasteiger partial charge in [0.1, 0.15) is 5.82 Å². The number of rotatable bonds is 9. The number of nitrogens with one attached hydrogen (secondary N) is 1. The SMILES string of the molecule is CCCC(C)COCCCC(=O)Nc1cc(N)ccc1F.